The molecule has 4 heteroatoms. The highest BCUT2D eigenvalue weighted by atomic mass is 19.2. The van der Waals surface area contributed by atoms with E-state index in [0.29, 0.717) is 0 Å². The first-order valence-electron chi connectivity index (χ1n) is 1.97. The third-order valence-corrected chi connectivity index (χ3v) is 0.763. The van der Waals surface area contributed by atoms with Crippen molar-refractivity contribution in [2.24, 2.45) is 7.05 Å². The molecule has 0 aliphatic carbocycles. The van der Waals surface area contributed by atoms with Crippen molar-refractivity contribution in [3.05, 3.63) is 18.0 Å². The highest BCUT2D eigenvalue weighted by Crippen LogP contribution is 1.98. The lowest BCUT2D eigenvalue weighted by Gasteiger charge is -1.83. The van der Waals surface area contributed by atoms with Crippen molar-refractivity contribution in [2.45, 2.75) is 0 Å². The summed E-state index contributed by atoms with van der Waals surface area (Å²) < 4.78 is 24.6. The molecule has 0 aliphatic rings. The fourth-order valence-corrected chi connectivity index (χ4v) is 0.351. The van der Waals surface area contributed by atoms with Crippen molar-refractivity contribution in [3.8, 4) is 0 Å². The number of hydrogen-bond acceptors (Lipinski definition) is 1. The van der Waals surface area contributed by atoms with Crippen molar-refractivity contribution in [2.75, 3.05) is 0 Å². The smallest absolute Gasteiger partial charge is 0.239 e. The monoisotopic (exact) mass is 117 g/mol. The van der Waals surface area contributed by atoms with Crippen LogP contribution < -0.4 is 0 Å². The first kappa shape index (κ1) is 5.21. The average Bonchev–Trinajstić information content (AvgIpc) is 1.98. The van der Waals surface area contributed by atoms with Crippen molar-refractivity contribution in [1.29, 1.82) is 0 Å². The van der Waals surface area contributed by atoms with E-state index < -0.39 is 11.8 Å². The van der Waals surface area contributed by atoms with Gasteiger partial charge in [0, 0.05) is 7.05 Å². The van der Waals surface area contributed by atoms with Gasteiger partial charge in [-0.15, -0.1) is 0 Å². The van der Waals surface area contributed by atoms with Crippen LogP contribution in [0, 0.1) is 18.0 Å². The first-order valence-corrected chi connectivity index (χ1v) is 1.97. The largest absolute Gasteiger partial charge is 0.248 e. The molecular weight excluding hydrogens is 114 g/mol. The van der Waals surface area contributed by atoms with Crippen LogP contribution in [0.5, 0.6) is 0 Å². The van der Waals surface area contributed by atoms with E-state index in [1.165, 1.54) is 7.05 Å². The number of rotatable bonds is 0. The minimum Gasteiger partial charge on any atom is -0.239 e. The van der Waals surface area contributed by atoms with Gasteiger partial charge in [-0.3, -0.25) is 0 Å². The Labute approximate surface area is 44.7 Å². The molecule has 0 spiro atoms. The van der Waals surface area contributed by atoms with Gasteiger partial charge >= 0.3 is 0 Å². The molecule has 0 bridgehead atoms. The second-order valence-corrected chi connectivity index (χ2v) is 1.34. The summed E-state index contributed by atoms with van der Waals surface area (Å²) in [6.07, 6.45) is 1.81. The van der Waals surface area contributed by atoms with E-state index in [4.69, 9.17) is 0 Å². The van der Waals surface area contributed by atoms with E-state index in [-0.39, 0.29) is 0 Å². The van der Waals surface area contributed by atoms with Crippen LogP contribution in [0.1, 0.15) is 0 Å². The predicted octanol–water partition coefficient (Wildman–Crippen LogP) is 0.498. The van der Waals surface area contributed by atoms with Gasteiger partial charge in [-0.25, -0.2) is 4.68 Å². The van der Waals surface area contributed by atoms with Crippen molar-refractivity contribution in [1.82, 2.24) is 9.78 Å². The van der Waals surface area contributed by atoms with Crippen LogP contribution in [-0.4, -0.2) is 9.78 Å². The molecule has 1 aromatic heterocycles. The Morgan fingerprint density at radius 2 is 2.25 bits per heavy atom. The Morgan fingerprint density at radius 3 is 2.38 bits per heavy atom. The number of hydrogen-bond donors (Lipinski definition) is 0. The van der Waals surface area contributed by atoms with Gasteiger partial charge in [0.15, 0.2) is 6.20 Å². The van der Waals surface area contributed by atoms with Gasteiger partial charge in [0.1, 0.15) is 0 Å². The van der Waals surface area contributed by atoms with E-state index in [0.717, 1.165) is 4.68 Å². The summed E-state index contributed by atoms with van der Waals surface area (Å²) >= 11 is 0. The molecule has 1 rings (SSSR count). The highest BCUT2D eigenvalue weighted by molar-refractivity contribution is 4.84. The third-order valence-electron chi connectivity index (χ3n) is 0.763. The molecule has 43 valence electrons. The van der Waals surface area contributed by atoms with Crippen LogP contribution in [0.15, 0.2) is 0 Å². The van der Waals surface area contributed by atoms with E-state index >= 15 is 0 Å². The minimum atomic E-state index is -1.03. The third kappa shape index (κ3) is 0.576. The predicted molar refractivity (Wildman–Crippen MR) is 22.0 cm³/mol. The molecule has 1 radical (unpaired) electrons. The molecule has 1 heterocycles. The number of nitrogens with zero attached hydrogens (tertiary/aromatic N) is 2. The molecule has 8 heavy (non-hydrogen) atoms. The topological polar surface area (TPSA) is 17.8 Å². The van der Waals surface area contributed by atoms with Crippen LogP contribution in [0.2, 0.25) is 0 Å². The Balaban J connectivity index is 3.19. The zero-order valence-electron chi connectivity index (χ0n) is 4.15. The normalized spacial score (nSPS) is 9.88. The maximum atomic E-state index is 12.0. The fourth-order valence-electron chi connectivity index (χ4n) is 0.351. The summed E-state index contributed by atoms with van der Waals surface area (Å²) in [5.41, 5.74) is 0. The zero-order valence-corrected chi connectivity index (χ0v) is 4.15. The van der Waals surface area contributed by atoms with Crippen LogP contribution in [0.3, 0.4) is 0 Å². The molecule has 0 saturated carbocycles. The van der Waals surface area contributed by atoms with Gasteiger partial charge in [-0.05, 0) is 0 Å². The van der Waals surface area contributed by atoms with Crippen molar-refractivity contribution >= 4 is 0 Å². The first-order chi connectivity index (χ1) is 3.72. The Kier molecular flexibility index (Phi) is 1.00. The van der Waals surface area contributed by atoms with Gasteiger partial charge < -0.3 is 0 Å². The highest BCUT2D eigenvalue weighted by Gasteiger charge is 2.04. The second kappa shape index (κ2) is 1.54. The van der Waals surface area contributed by atoms with Gasteiger partial charge in [0.25, 0.3) is 0 Å². The number of aryl methyl sites for hydroxylation is 1. The van der Waals surface area contributed by atoms with Gasteiger partial charge in [0.05, 0.1) is 0 Å². The molecule has 0 unspecified atom stereocenters. The summed E-state index contributed by atoms with van der Waals surface area (Å²) in [6.45, 7) is 0. The molecule has 0 saturated heterocycles. The van der Waals surface area contributed by atoms with Crippen LogP contribution in [-0.2, 0) is 7.05 Å². The molecule has 0 atom stereocenters. The molecule has 0 aromatic carbocycles. The maximum absolute atomic E-state index is 12.0. The molecule has 0 amide bonds. The van der Waals surface area contributed by atoms with Gasteiger partial charge in [-0.2, -0.15) is 13.9 Å². The maximum Gasteiger partial charge on any atom is 0.248 e. The van der Waals surface area contributed by atoms with Crippen LogP contribution >= 0.6 is 0 Å². The summed E-state index contributed by atoms with van der Waals surface area (Å²) in [6, 6.07) is 0. The zero-order chi connectivity index (χ0) is 6.15. The summed E-state index contributed by atoms with van der Waals surface area (Å²) in [5, 5.41) is 3.16. The molecule has 2 nitrogen and oxygen atoms in total. The second-order valence-electron chi connectivity index (χ2n) is 1.34. The summed E-state index contributed by atoms with van der Waals surface area (Å²) in [4.78, 5) is 0. The number of aromatic nitrogens is 2. The van der Waals surface area contributed by atoms with Crippen LogP contribution in [0.25, 0.3) is 0 Å². The van der Waals surface area contributed by atoms with E-state index in [9.17, 15) is 8.78 Å². The molecule has 1 aromatic rings. The Morgan fingerprint density at radius 1 is 1.62 bits per heavy atom. The average molecular weight is 117 g/mol. The van der Waals surface area contributed by atoms with Crippen molar-refractivity contribution < 1.29 is 8.78 Å². The van der Waals surface area contributed by atoms with Crippen LogP contribution in [0.4, 0.5) is 8.78 Å². The Hall–Kier alpha value is -0.930. The summed E-state index contributed by atoms with van der Waals surface area (Å²) in [5.74, 6) is -2.02. The number of halogens is 2. The van der Waals surface area contributed by atoms with Crippen molar-refractivity contribution in [3.63, 3.8) is 0 Å². The van der Waals surface area contributed by atoms with Gasteiger partial charge in [0.2, 0.25) is 11.8 Å². The molecular formula is C4H3F2N2. The minimum absolute atomic E-state index is 0.773. The Bertz CT molecular complexity index is 174. The quantitative estimate of drug-likeness (QED) is 0.483. The molecule has 0 N–H and O–H groups in total. The SMILES string of the molecule is Cn1n[c]c(F)c1F. The van der Waals surface area contributed by atoms with Gasteiger partial charge in [-0.1, -0.05) is 0 Å². The molecule has 0 aliphatic heterocycles. The fraction of sp³-hybridized carbons (Fsp3) is 0.250. The summed E-state index contributed by atoms with van der Waals surface area (Å²) in [7, 11) is 1.30. The van der Waals surface area contributed by atoms with E-state index in [1.807, 2.05) is 6.20 Å². The van der Waals surface area contributed by atoms with E-state index in [1.54, 1.807) is 0 Å². The lowest BCUT2D eigenvalue weighted by atomic mass is 10.7. The lowest BCUT2D eigenvalue weighted by Crippen LogP contribution is -1.93. The standard InChI is InChI=1S/C4H3F2N2/c1-8-4(6)3(5)2-7-8/h1H3. The van der Waals surface area contributed by atoms with E-state index in [2.05, 4.69) is 5.10 Å². The molecule has 0 fully saturated rings. The lowest BCUT2D eigenvalue weighted by molar-refractivity contribution is 0.447.